The van der Waals surface area contributed by atoms with E-state index in [9.17, 15) is 14.2 Å². The van der Waals surface area contributed by atoms with E-state index in [1.807, 2.05) is 36.5 Å². The summed E-state index contributed by atoms with van der Waals surface area (Å²) in [6.45, 7) is 5.58. The summed E-state index contributed by atoms with van der Waals surface area (Å²) < 4.78 is 26.1. The highest BCUT2D eigenvalue weighted by molar-refractivity contribution is 7.70. The average Bonchev–Trinajstić information content (AvgIpc) is 2.81. The fourth-order valence-electron chi connectivity index (χ4n) is 4.90. The molecule has 1 fully saturated rings. The SMILES string of the molecule is CC(C(=Nc1ccc(P(C)(C)=O)cc1)NO)C1CCC(c2ccnc3ccc(F)cc23)CC1. The molecule has 4 rings (SSSR count). The lowest BCUT2D eigenvalue weighted by atomic mass is 9.73. The number of hydroxylamine groups is 1. The third kappa shape index (κ3) is 5.34. The molecule has 1 saturated carbocycles. The van der Waals surface area contributed by atoms with Gasteiger partial charge in [0.25, 0.3) is 0 Å². The molecule has 5 nitrogen and oxygen atoms in total. The number of amidine groups is 1. The molecule has 174 valence electrons. The second-order valence-electron chi connectivity index (χ2n) is 9.44. The lowest BCUT2D eigenvalue weighted by molar-refractivity contribution is 0.213. The molecule has 2 aromatic carbocycles. The predicted octanol–water partition coefficient (Wildman–Crippen LogP) is 6.24. The zero-order valence-corrected chi connectivity index (χ0v) is 20.2. The molecule has 0 spiro atoms. The summed E-state index contributed by atoms with van der Waals surface area (Å²) in [7, 11) is -2.31. The maximum absolute atomic E-state index is 13.9. The molecule has 0 aliphatic heterocycles. The summed E-state index contributed by atoms with van der Waals surface area (Å²) in [6.07, 6.45) is 5.81. The number of hydrogen-bond donors (Lipinski definition) is 2. The minimum absolute atomic E-state index is 0.0608. The van der Waals surface area contributed by atoms with Crippen LogP contribution in [0.1, 0.15) is 44.1 Å². The van der Waals surface area contributed by atoms with E-state index in [-0.39, 0.29) is 11.7 Å². The largest absolute Gasteiger partial charge is 0.319 e. The van der Waals surface area contributed by atoms with Gasteiger partial charge in [-0.3, -0.25) is 15.7 Å². The Morgan fingerprint density at radius 3 is 2.45 bits per heavy atom. The molecule has 1 unspecified atom stereocenters. The Labute approximate surface area is 194 Å². The van der Waals surface area contributed by atoms with Crippen molar-refractivity contribution >= 4 is 34.9 Å². The Bertz CT molecular complexity index is 1200. The van der Waals surface area contributed by atoms with Crippen LogP contribution in [-0.4, -0.2) is 29.4 Å². The lowest BCUT2D eigenvalue weighted by Crippen LogP contribution is -2.33. The number of aliphatic imine (C=N–C) groups is 1. The third-order valence-corrected chi connectivity index (χ3v) is 8.46. The van der Waals surface area contributed by atoms with Gasteiger partial charge in [0, 0.05) is 22.8 Å². The summed E-state index contributed by atoms with van der Waals surface area (Å²) in [4.78, 5) is 9.00. The summed E-state index contributed by atoms with van der Waals surface area (Å²) in [5.74, 6) is 1.12. The minimum atomic E-state index is -2.31. The molecule has 1 aromatic heterocycles. The number of aromatic nitrogens is 1. The Morgan fingerprint density at radius 1 is 1.12 bits per heavy atom. The van der Waals surface area contributed by atoms with Crippen molar-refractivity contribution in [3.05, 3.63) is 66.1 Å². The number of pyridine rings is 1. The van der Waals surface area contributed by atoms with Gasteiger partial charge in [-0.05, 0) is 105 Å². The Hall–Kier alpha value is -2.56. The van der Waals surface area contributed by atoms with E-state index in [0.29, 0.717) is 17.7 Å². The van der Waals surface area contributed by atoms with Crippen LogP contribution in [0.15, 0.2) is 59.7 Å². The van der Waals surface area contributed by atoms with Gasteiger partial charge in [-0.1, -0.05) is 6.92 Å². The summed E-state index contributed by atoms with van der Waals surface area (Å²) in [5.41, 5.74) is 5.03. The molecule has 1 aliphatic carbocycles. The Kier molecular flexibility index (Phi) is 6.96. The van der Waals surface area contributed by atoms with Crippen LogP contribution >= 0.6 is 7.14 Å². The van der Waals surface area contributed by atoms with Crippen molar-refractivity contribution in [1.82, 2.24) is 10.5 Å². The highest BCUT2D eigenvalue weighted by Crippen LogP contribution is 2.41. The van der Waals surface area contributed by atoms with E-state index in [0.717, 1.165) is 47.6 Å². The maximum atomic E-state index is 13.9. The molecule has 1 aliphatic rings. The number of benzene rings is 2. The highest BCUT2D eigenvalue weighted by atomic mass is 31.2. The van der Waals surface area contributed by atoms with Gasteiger partial charge in [0.15, 0.2) is 0 Å². The molecule has 1 atom stereocenters. The first-order valence-corrected chi connectivity index (χ1v) is 14.0. The van der Waals surface area contributed by atoms with E-state index < -0.39 is 7.14 Å². The van der Waals surface area contributed by atoms with Gasteiger partial charge in [-0.2, -0.15) is 0 Å². The quantitative estimate of drug-likeness (QED) is 0.202. The van der Waals surface area contributed by atoms with Crippen molar-refractivity contribution in [3.63, 3.8) is 0 Å². The van der Waals surface area contributed by atoms with E-state index in [4.69, 9.17) is 0 Å². The van der Waals surface area contributed by atoms with E-state index in [1.54, 1.807) is 25.5 Å². The van der Waals surface area contributed by atoms with Gasteiger partial charge in [0.1, 0.15) is 18.8 Å². The average molecular weight is 468 g/mol. The molecule has 33 heavy (non-hydrogen) atoms. The Morgan fingerprint density at radius 2 is 1.82 bits per heavy atom. The second kappa shape index (κ2) is 9.74. The van der Waals surface area contributed by atoms with Gasteiger partial charge in [-0.25, -0.2) is 9.38 Å². The zero-order valence-electron chi connectivity index (χ0n) is 19.3. The van der Waals surface area contributed by atoms with Gasteiger partial charge >= 0.3 is 0 Å². The van der Waals surface area contributed by atoms with Crippen LogP contribution in [0.4, 0.5) is 10.1 Å². The smallest absolute Gasteiger partial charge is 0.129 e. The Balaban J connectivity index is 1.46. The number of nitrogens with one attached hydrogen (secondary N) is 1. The van der Waals surface area contributed by atoms with Gasteiger partial charge < -0.3 is 4.57 Å². The number of hydrogen-bond acceptors (Lipinski definition) is 4. The van der Waals surface area contributed by atoms with Gasteiger partial charge in [-0.15, -0.1) is 0 Å². The summed E-state index contributed by atoms with van der Waals surface area (Å²) >= 11 is 0. The van der Waals surface area contributed by atoms with E-state index in [1.165, 1.54) is 11.6 Å². The van der Waals surface area contributed by atoms with Crippen molar-refractivity contribution in [2.75, 3.05) is 13.3 Å². The van der Waals surface area contributed by atoms with Crippen LogP contribution in [0.2, 0.25) is 0 Å². The highest BCUT2D eigenvalue weighted by Gasteiger charge is 2.29. The molecule has 3 aromatic rings. The van der Waals surface area contributed by atoms with Crippen LogP contribution < -0.4 is 10.8 Å². The number of rotatable bonds is 5. The molecule has 2 N–H and O–H groups in total. The first-order chi connectivity index (χ1) is 15.8. The number of halogens is 1. The first-order valence-electron chi connectivity index (χ1n) is 11.4. The van der Waals surface area contributed by atoms with Crippen molar-refractivity contribution < 1.29 is 14.2 Å². The van der Waals surface area contributed by atoms with Gasteiger partial charge in [0.2, 0.25) is 0 Å². The van der Waals surface area contributed by atoms with E-state index in [2.05, 4.69) is 22.4 Å². The molecule has 0 amide bonds. The monoisotopic (exact) mass is 467 g/mol. The van der Waals surface area contributed by atoms with Crippen LogP contribution in [0.5, 0.6) is 0 Å². The lowest BCUT2D eigenvalue weighted by Gasteiger charge is -2.33. The topological polar surface area (TPSA) is 74.6 Å². The van der Waals surface area contributed by atoms with Crippen LogP contribution in [0.25, 0.3) is 10.9 Å². The number of nitrogens with zero attached hydrogens (tertiary/aromatic N) is 2. The fraction of sp³-hybridized carbons (Fsp3) is 0.385. The maximum Gasteiger partial charge on any atom is 0.129 e. The molecular formula is C26H31FN3O2P. The van der Waals surface area contributed by atoms with Crippen molar-refractivity contribution in [3.8, 4) is 0 Å². The van der Waals surface area contributed by atoms with Crippen molar-refractivity contribution in [2.24, 2.45) is 16.8 Å². The van der Waals surface area contributed by atoms with Crippen LogP contribution in [0, 0.1) is 17.7 Å². The van der Waals surface area contributed by atoms with Crippen LogP contribution in [0.3, 0.4) is 0 Å². The van der Waals surface area contributed by atoms with Crippen LogP contribution in [-0.2, 0) is 4.57 Å². The molecule has 1 heterocycles. The van der Waals surface area contributed by atoms with Crippen molar-refractivity contribution in [2.45, 2.75) is 38.5 Å². The van der Waals surface area contributed by atoms with Gasteiger partial charge in [0.05, 0.1) is 11.2 Å². The van der Waals surface area contributed by atoms with Crippen molar-refractivity contribution in [1.29, 1.82) is 0 Å². The third-order valence-electron chi connectivity index (χ3n) is 6.92. The zero-order chi connectivity index (χ0) is 23.6. The van der Waals surface area contributed by atoms with E-state index >= 15 is 0 Å². The standard InChI is InChI=1S/C26H31FN3O2P/c1-17(26(30-31)29-21-9-11-22(12-10-21)33(2,3)32)18-4-6-19(7-5-18)23-14-15-28-25-13-8-20(27)16-24(23)25/h8-19,31H,4-7H2,1-3H3,(H,29,30). The predicted molar refractivity (Wildman–Crippen MR) is 133 cm³/mol. The first kappa shape index (κ1) is 23.6. The number of fused-ring (bicyclic) bond motifs is 1. The normalized spacial score (nSPS) is 20.6. The molecule has 7 heteroatoms. The minimum Gasteiger partial charge on any atom is -0.319 e. The fourth-order valence-corrected chi connectivity index (χ4v) is 5.77. The molecule has 0 saturated heterocycles. The molecular weight excluding hydrogens is 436 g/mol. The molecule has 0 bridgehead atoms. The summed E-state index contributed by atoms with van der Waals surface area (Å²) in [6, 6.07) is 14.2. The molecule has 0 radical (unpaired) electrons. The summed E-state index contributed by atoms with van der Waals surface area (Å²) in [5, 5.41) is 11.5. The second-order valence-corrected chi connectivity index (χ2v) is 12.7.